The number of hydrogen-bond acceptors (Lipinski definition) is 3. The molecule has 0 spiro atoms. The first-order valence-corrected chi connectivity index (χ1v) is 11.7. The van der Waals surface area contributed by atoms with Gasteiger partial charge in [0.25, 0.3) is 11.8 Å². The minimum absolute atomic E-state index is 0.201. The Morgan fingerprint density at radius 3 is 2.03 bits per heavy atom. The van der Waals surface area contributed by atoms with E-state index in [1.54, 1.807) is 35.2 Å². The molecule has 0 aromatic heterocycles. The minimum Gasteiger partial charge on any atom is -0.322 e. The second kappa shape index (κ2) is 9.84. The van der Waals surface area contributed by atoms with E-state index in [1.165, 1.54) is 0 Å². The van der Waals surface area contributed by atoms with Gasteiger partial charge in [-0.05, 0) is 60.9 Å². The molecule has 5 nitrogen and oxygen atoms in total. The number of benzene rings is 4. The zero-order valence-corrected chi connectivity index (χ0v) is 20.1. The summed E-state index contributed by atoms with van der Waals surface area (Å²) in [6.45, 7) is 3.94. The Morgan fingerprint density at radius 1 is 0.778 bits per heavy atom. The first-order chi connectivity index (χ1) is 17.5. The maximum absolute atomic E-state index is 13.5. The smallest absolute Gasteiger partial charge is 0.282 e. The summed E-state index contributed by atoms with van der Waals surface area (Å²) in [5.74, 6) is 0.134. The molecule has 0 atom stereocenters. The van der Waals surface area contributed by atoms with Crippen LogP contribution >= 0.6 is 0 Å². The van der Waals surface area contributed by atoms with Gasteiger partial charge in [0.2, 0.25) is 0 Å². The Bertz CT molecular complexity index is 1470. The average Bonchev–Trinajstić information content (AvgIpc) is 3.23. The number of aliphatic imine (C=N–C) groups is 1. The number of amides is 2. The van der Waals surface area contributed by atoms with Crippen molar-refractivity contribution in [1.29, 1.82) is 0 Å². The molecule has 4 aromatic rings. The van der Waals surface area contributed by atoms with Crippen LogP contribution in [0, 0.1) is 13.8 Å². The highest BCUT2D eigenvalue weighted by Crippen LogP contribution is 2.28. The van der Waals surface area contributed by atoms with E-state index in [4.69, 9.17) is 4.99 Å². The summed E-state index contributed by atoms with van der Waals surface area (Å²) in [6, 6.07) is 32.2. The highest BCUT2D eigenvalue weighted by atomic mass is 16.2. The van der Waals surface area contributed by atoms with Gasteiger partial charge in [0.15, 0.2) is 0 Å². The Balaban J connectivity index is 1.46. The van der Waals surface area contributed by atoms with E-state index in [1.807, 2.05) is 92.7 Å². The third-order valence-electron chi connectivity index (χ3n) is 6.10. The van der Waals surface area contributed by atoms with E-state index in [9.17, 15) is 9.59 Å². The van der Waals surface area contributed by atoms with E-state index in [0.717, 1.165) is 27.9 Å². The lowest BCUT2D eigenvalue weighted by atomic mass is 10.1. The maximum Gasteiger partial charge on any atom is 0.282 e. The Labute approximate surface area is 210 Å². The van der Waals surface area contributed by atoms with E-state index in [0.29, 0.717) is 22.8 Å². The average molecular weight is 472 g/mol. The van der Waals surface area contributed by atoms with Crippen molar-refractivity contribution in [1.82, 2.24) is 0 Å². The third kappa shape index (κ3) is 4.59. The molecule has 0 saturated heterocycles. The summed E-state index contributed by atoms with van der Waals surface area (Å²) in [7, 11) is 0. The molecule has 5 rings (SSSR count). The topological polar surface area (TPSA) is 61.8 Å². The zero-order chi connectivity index (χ0) is 25.1. The van der Waals surface area contributed by atoms with Crippen LogP contribution in [0.5, 0.6) is 0 Å². The minimum atomic E-state index is -0.217. The van der Waals surface area contributed by atoms with Gasteiger partial charge in [0.05, 0.1) is 5.69 Å². The fourth-order valence-corrected chi connectivity index (χ4v) is 4.20. The fourth-order valence-electron chi connectivity index (χ4n) is 4.20. The maximum atomic E-state index is 13.5. The molecule has 1 heterocycles. The van der Waals surface area contributed by atoms with Crippen molar-refractivity contribution in [3.8, 4) is 0 Å². The monoisotopic (exact) mass is 471 g/mol. The van der Waals surface area contributed by atoms with E-state index >= 15 is 0 Å². The first kappa shape index (κ1) is 23.0. The van der Waals surface area contributed by atoms with Crippen molar-refractivity contribution in [2.75, 3.05) is 10.2 Å². The van der Waals surface area contributed by atoms with E-state index in [-0.39, 0.29) is 11.8 Å². The Morgan fingerprint density at radius 2 is 1.39 bits per heavy atom. The van der Waals surface area contributed by atoms with Crippen LogP contribution in [0.1, 0.15) is 32.6 Å². The molecule has 1 aliphatic heterocycles. The highest BCUT2D eigenvalue weighted by molar-refractivity contribution is 6.33. The summed E-state index contributed by atoms with van der Waals surface area (Å²) < 4.78 is 0. The van der Waals surface area contributed by atoms with Crippen LogP contribution in [0.25, 0.3) is 6.08 Å². The van der Waals surface area contributed by atoms with Crippen LogP contribution in [-0.4, -0.2) is 17.6 Å². The molecule has 176 valence electrons. The molecule has 0 saturated carbocycles. The van der Waals surface area contributed by atoms with Gasteiger partial charge in [0.1, 0.15) is 11.5 Å². The SMILES string of the molecule is Cc1cccc(C)c1NC(=O)c1ccc(N2C(=O)/C(=C/c3ccccc3)N=C2c2ccccc2)cc1. The largest absolute Gasteiger partial charge is 0.322 e. The van der Waals surface area contributed by atoms with Crippen LogP contribution < -0.4 is 10.2 Å². The molecule has 1 N–H and O–H groups in total. The van der Waals surface area contributed by atoms with Gasteiger partial charge >= 0.3 is 0 Å². The van der Waals surface area contributed by atoms with Crippen molar-refractivity contribution < 1.29 is 9.59 Å². The van der Waals surface area contributed by atoms with Crippen LogP contribution in [0.4, 0.5) is 11.4 Å². The van der Waals surface area contributed by atoms with Gasteiger partial charge in [-0.2, -0.15) is 0 Å². The first-order valence-electron chi connectivity index (χ1n) is 11.7. The predicted molar refractivity (Wildman–Crippen MR) is 145 cm³/mol. The van der Waals surface area contributed by atoms with Gasteiger partial charge in [0, 0.05) is 16.8 Å². The standard InChI is InChI=1S/C31H25N3O2/c1-21-10-9-11-22(2)28(21)33-30(35)25-16-18-26(19-17-25)34-29(24-14-7-4-8-15-24)32-27(31(34)36)20-23-12-5-3-6-13-23/h3-20H,1-2H3,(H,33,35)/b27-20-. The van der Waals surface area contributed by atoms with Crippen LogP contribution in [0.15, 0.2) is 114 Å². The summed E-state index contributed by atoms with van der Waals surface area (Å²) in [5.41, 5.74) is 6.06. The number of para-hydroxylation sites is 1. The second-order valence-electron chi connectivity index (χ2n) is 8.65. The number of rotatable bonds is 5. The molecule has 36 heavy (non-hydrogen) atoms. The molecule has 0 bridgehead atoms. The molecule has 4 aromatic carbocycles. The highest BCUT2D eigenvalue weighted by Gasteiger charge is 2.32. The zero-order valence-electron chi connectivity index (χ0n) is 20.1. The molecular formula is C31H25N3O2. The van der Waals surface area contributed by atoms with Crippen molar-refractivity contribution in [2.45, 2.75) is 13.8 Å². The summed E-state index contributed by atoms with van der Waals surface area (Å²) in [5, 5.41) is 3.01. The van der Waals surface area contributed by atoms with Gasteiger partial charge < -0.3 is 5.32 Å². The number of nitrogens with zero attached hydrogens (tertiary/aromatic N) is 2. The molecule has 1 aliphatic rings. The Hall–Kier alpha value is -4.77. The van der Waals surface area contributed by atoms with Gasteiger partial charge in [-0.1, -0.05) is 78.9 Å². The molecule has 0 aliphatic carbocycles. The van der Waals surface area contributed by atoms with E-state index < -0.39 is 0 Å². The third-order valence-corrected chi connectivity index (χ3v) is 6.10. The number of anilines is 2. The quantitative estimate of drug-likeness (QED) is 0.343. The molecule has 0 radical (unpaired) electrons. The molecule has 0 fully saturated rings. The lowest BCUT2D eigenvalue weighted by Gasteiger charge is -2.19. The molecule has 2 amide bonds. The normalized spacial score (nSPS) is 14.2. The number of hydrogen-bond donors (Lipinski definition) is 1. The number of amidine groups is 1. The van der Waals surface area contributed by atoms with Crippen molar-refractivity contribution in [2.24, 2.45) is 4.99 Å². The van der Waals surface area contributed by atoms with Crippen molar-refractivity contribution in [3.63, 3.8) is 0 Å². The van der Waals surface area contributed by atoms with Crippen LogP contribution in [-0.2, 0) is 4.79 Å². The molecule has 5 heteroatoms. The van der Waals surface area contributed by atoms with Crippen LogP contribution in [0.3, 0.4) is 0 Å². The van der Waals surface area contributed by atoms with Crippen LogP contribution in [0.2, 0.25) is 0 Å². The fraction of sp³-hybridized carbons (Fsp3) is 0.0645. The number of carbonyl (C=O) groups excluding carboxylic acids is 2. The lowest BCUT2D eigenvalue weighted by Crippen LogP contribution is -2.32. The summed E-state index contributed by atoms with van der Waals surface area (Å²) in [4.78, 5) is 32.7. The lowest BCUT2D eigenvalue weighted by molar-refractivity contribution is -0.113. The summed E-state index contributed by atoms with van der Waals surface area (Å²) in [6.07, 6.45) is 1.79. The van der Waals surface area contributed by atoms with Gasteiger partial charge in [-0.25, -0.2) is 4.99 Å². The van der Waals surface area contributed by atoms with Crippen molar-refractivity contribution >= 4 is 35.1 Å². The van der Waals surface area contributed by atoms with Crippen molar-refractivity contribution in [3.05, 3.63) is 137 Å². The number of aryl methyl sites for hydroxylation is 2. The second-order valence-corrected chi connectivity index (χ2v) is 8.65. The molecule has 0 unspecified atom stereocenters. The van der Waals surface area contributed by atoms with Gasteiger partial charge in [-0.3, -0.25) is 14.5 Å². The summed E-state index contributed by atoms with van der Waals surface area (Å²) >= 11 is 0. The molecular weight excluding hydrogens is 446 g/mol. The Kier molecular flexibility index (Phi) is 6.29. The predicted octanol–water partition coefficient (Wildman–Crippen LogP) is 6.39. The van der Waals surface area contributed by atoms with E-state index in [2.05, 4.69) is 5.32 Å². The van der Waals surface area contributed by atoms with Gasteiger partial charge in [-0.15, -0.1) is 0 Å². The number of carbonyl (C=O) groups is 2. The number of nitrogens with one attached hydrogen (secondary N) is 1.